The monoisotopic (exact) mass is 253 g/mol. The first-order valence-corrected chi connectivity index (χ1v) is 7.37. The zero-order valence-electron chi connectivity index (χ0n) is 10.9. The highest BCUT2D eigenvalue weighted by Crippen LogP contribution is 2.16. The van der Waals surface area contributed by atoms with Gasteiger partial charge in [-0.3, -0.25) is 0 Å². The Hall–Kier alpha value is -0.670. The Balaban J connectivity index is 2.13. The van der Waals surface area contributed by atoms with E-state index < -0.39 is 0 Å². The molecule has 0 bridgehead atoms. The summed E-state index contributed by atoms with van der Waals surface area (Å²) in [5.41, 5.74) is 7.96. The summed E-state index contributed by atoms with van der Waals surface area (Å²) in [4.78, 5) is 0. The van der Waals surface area contributed by atoms with Crippen LogP contribution in [0.1, 0.15) is 24.0 Å². The molecule has 0 heterocycles. The van der Waals surface area contributed by atoms with Crippen molar-refractivity contribution >= 4 is 11.8 Å². The molecule has 0 aliphatic rings. The van der Waals surface area contributed by atoms with E-state index in [2.05, 4.69) is 32.0 Å². The topological polar surface area (TPSA) is 35.2 Å². The molecule has 2 nitrogen and oxygen atoms in total. The molecule has 2 N–H and O–H groups in total. The Morgan fingerprint density at radius 2 is 1.71 bits per heavy atom. The van der Waals surface area contributed by atoms with E-state index in [1.807, 2.05) is 11.8 Å². The van der Waals surface area contributed by atoms with Crippen LogP contribution >= 0.6 is 11.8 Å². The third kappa shape index (κ3) is 6.59. The highest BCUT2D eigenvalue weighted by molar-refractivity contribution is 7.99. The minimum absolute atomic E-state index is 0.798. The molecular formula is C14H23NOS. The van der Waals surface area contributed by atoms with Gasteiger partial charge in [-0.1, -0.05) is 6.07 Å². The van der Waals surface area contributed by atoms with Crippen molar-refractivity contribution in [2.75, 3.05) is 24.7 Å². The minimum atomic E-state index is 0.798. The van der Waals surface area contributed by atoms with Crippen LogP contribution < -0.4 is 10.5 Å². The van der Waals surface area contributed by atoms with Gasteiger partial charge in [-0.2, -0.15) is 11.8 Å². The van der Waals surface area contributed by atoms with Crippen molar-refractivity contribution in [1.29, 1.82) is 0 Å². The standard InChI is InChI=1S/C14H23NOS/c1-12-9-13(2)11-14(10-12)16-6-4-8-17-7-3-5-15/h9-11H,3-8,15H2,1-2H3. The fourth-order valence-electron chi connectivity index (χ4n) is 1.65. The SMILES string of the molecule is Cc1cc(C)cc(OCCCSCCCN)c1. The van der Waals surface area contributed by atoms with Crippen LogP contribution in [0.25, 0.3) is 0 Å². The van der Waals surface area contributed by atoms with E-state index >= 15 is 0 Å². The van der Waals surface area contributed by atoms with E-state index in [1.165, 1.54) is 16.9 Å². The van der Waals surface area contributed by atoms with Crippen LogP contribution in [0.2, 0.25) is 0 Å². The van der Waals surface area contributed by atoms with E-state index in [4.69, 9.17) is 10.5 Å². The zero-order valence-corrected chi connectivity index (χ0v) is 11.7. The molecular weight excluding hydrogens is 230 g/mol. The first-order chi connectivity index (χ1) is 8.22. The third-order valence-corrected chi connectivity index (χ3v) is 3.54. The van der Waals surface area contributed by atoms with Crippen LogP contribution in [0.4, 0.5) is 0 Å². The Bertz CT molecular complexity index is 308. The van der Waals surface area contributed by atoms with Gasteiger partial charge >= 0.3 is 0 Å². The van der Waals surface area contributed by atoms with Crippen LogP contribution in [0.3, 0.4) is 0 Å². The molecule has 0 fully saturated rings. The summed E-state index contributed by atoms with van der Waals surface area (Å²) in [5.74, 6) is 3.32. The average molecular weight is 253 g/mol. The second-order valence-corrected chi connectivity index (χ2v) is 5.50. The number of hydrogen-bond acceptors (Lipinski definition) is 3. The molecule has 0 aliphatic carbocycles. The lowest BCUT2D eigenvalue weighted by atomic mass is 10.1. The number of rotatable bonds is 8. The fourth-order valence-corrected chi connectivity index (χ4v) is 2.55. The van der Waals surface area contributed by atoms with E-state index in [9.17, 15) is 0 Å². The van der Waals surface area contributed by atoms with Crippen LogP contribution in [0.15, 0.2) is 18.2 Å². The van der Waals surface area contributed by atoms with Crippen LogP contribution in [-0.4, -0.2) is 24.7 Å². The van der Waals surface area contributed by atoms with E-state index in [1.54, 1.807) is 0 Å². The highest BCUT2D eigenvalue weighted by Gasteiger charge is 1.97. The summed E-state index contributed by atoms with van der Waals surface area (Å²) < 4.78 is 5.74. The summed E-state index contributed by atoms with van der Waals surface area (Å²) in [6.45, 7) is 5.80. The predicted molar refractivity (Wildman–Crippen MR) is 77.0 cm³/mol. The molecule has 1 rings (SSSR count). The molecule has 0 radical (unpaired) electrons. The van der Waals surface area contributed by atoms with Crippen molar-refractivity contribution < 1.29 is 4.74 Å². The first kappa shape index (κ1) is 14.4. The van der Waals surface area contributed by atoms with Crippen molar-refractivity contribution in [2.45, 2.75) is 26.7 Å². The normalized spacial score (nSPS) is 10.5. The lowest BCUT2D eigenvalue weighted by Gasteiger charge is -2.08. The van der Waals surface area contributed by atoms with Crippen molar-refractivity contribution in [3.8, 4) is 5.75 Å². The van der Waals surface area contributed by atoms with Gasteiger partial charge < -0.3 is 10.5 Å². The van der Waals surface area contributed by atoms with Crippen molar-refractivity contribution in [3.05, 3.63) is 29.3 Å². The molecule has 0 saturated carbocycles. The molecule has 0 spiro atoms. The van der Waals surface area contributed by atoms with Gasteiger partial charge in [-0.15, -0.1) is 0 Å². The van der Waals surface area contributed by atoms with Gasteiger partial charge in [0.1, 0.15) is 5.75 Å². The highest BCUT2D eigenvalue weighted by atomic mass is 32.2. The second kappa shape index (κ2) is 8.43. The summed E-state index contributed by atoms with van der Waals surface area (Å²) in [7, 11) is 0. The Morgan fingerprint density at radius 3 is 2.35 bits per heavy atom. The number of benzene rings is 1. The lowest BCUT2D eigenvalue weighted by molar-refractivity contribution is 0.318. The molecule has 17 heavy (non-hydrogen) atoms. The molecule has 96 valence electrons. The average Bonchev–Trinajstić information content (AvgIpc) is 2.26. The lowest BCUT2D eigenvalue weighted by Crippen LogP contribution is -2.02. The van der Waals surface area contributed by atoms with E-state index in [0.717, 1.165) is 37.5 Å². The van der Waals surface area contributed by atoms with Crippen molar-refractivity contribution in [2.24, 2.45) is 5.73 Å². The Labute approximate surface area is 109 Å². The quantitative estimate of drug-likeness (QED) is 0.723. The maximum atomic E-state index is 5.74. The number of nitrogens with two attached hydrogens (primary N) is 1. The van der Waals surface area contributed by atoms with Crippen LogP contribution in [-0.2, 0) is 0 Å². The number of aryl methyl sites for hydroxylation is 2. The molecule has 1 aromatic carbocycles. The Kier molecular flexibility index (Phi) is 7.13. The molecule has 3 heteroatoms. The molecule has 0 aliphatic heterocycles. The zero-order chi connectivity index (χ0) is 12.5. The van der Waals surface area contributed by atoms with Crippen LogP contribution in [0, 0.1) is 13.8 Å². The maximum Gasteiger partial charge on any atom is 0.119 e. The molecule has 1 aromatic rings. The van der Waals surface area contributed by atoms with Crippen molar-refractivity contribution in [1.82, 2.24) is 0 Å². The molecule has 0 saturated heterocycles. The molecule has 0 atom stereocenters. The smallest absolute Gasteiger partial charge is 0.119 e. The number of ether oxygens (including phenoxy) is 1. The minimum Gasteiger partial charge on any atom is -0.494 e. The number of thioether (sulfide) groups is 1. The largest absolute Gasteiger partial charge is 0.494 e. The van der Waals surface area contributed by atoms with E-state index in [-0.39, 0.29) is 0 Å². The third-order valence-electron chi connectivity index (χ3n) is 2.39. The maximum absolute atomic E-state index is 5.74. The van der Waals surface area contributed by atoms with Crippen molar-refractivity contribution in [3.63, 3.8) is 0 Å². The van der Waals surface area contributed by atoms with Gasteiger partial charge in [0, 0.05) is 0 Å². The van der Waals surface area contributed by atoms with Gasteiger partial charge in [0.2, 0.25) is 0 Å². The first-order valence-electron chi connectivity index (χ1n) is 6.21. The summed E-state index contributed by atoms with van der Waals surface area (Å²) >= 11 is 1.96. The number of hydrogen-bond donors (Lipinski definition) is 1. The fraction of sp³-hybridized carbons (Fsp3) is 0.571. The van der Waals surface area contributed by atoms with Gasteiger partial charge in [0.15, 0.2) is 0 Å². The van der Waals surface area contributed by atoms with Gasteiger partial charge in [0.05, 0.1) is 6.61 Å². The second-order valence-electron chi connectivity index (χ2n) is 4.28. The summed E-state index contributed by atoms with van der Waals surface area (Å²) in [5, 5.41) is 0. The van der Waals surface area contributed by atoms with Gasteiger partial charge in [-0.05, 0) is 68.0 Å². The van der Waals surface area contributed by atoms with Crippen LogP contribution in [0.5, 0.6) is 5.75 Å². The Morgan fingerprint density at radius 1 is 1.06 bits per heavy atom. The van der Waals surface area contributed by atoms with Gasteiger partial charge in [-0.25, -0.2) is 0 Å². The molecule has 0 unspecified atom stereocenters. The van der Waals surface area contributed by atoms with E-state index in [0.29, 0.717) is 0 Å². The molecule has 0 aromatic heterocycles. The summed E-state index contributed by atoms with van der Waals surface area (Å²) in [6, 6.07) is 6.35. The summed E-state index contributed by atoms with van der Waals surface area (Å²) in [6.07, 6.45) is 2.21. The molecule has 0 amide bonds. The van der Waals surface area contributed by atoms with Gasteiger partial charge in [0.25, 0.3) is 0 Å². The predicted octanol–water partition coefficient (Wildman–Crippen LogP) is 3.15.